The predicted octanol–water partition coefficient (Wildman–Crippen LogP) is 1.84. The maximum absolute atomic E-state index is 5.88. The molecule has 0 radical (unpaired) electrons. The van der Waals surface area contributed by atoms with E-state index in [0.717, 1.165) is 11.3 Å². The fourth-order valence-corrected chi connectivity index (χ4v) is 1.34. The number of aromatic nitrogens is 4. The first-order chi connectivity index (χ1) is 7.77. The molecule has 1 N–H and O–H groups in total. The van der Waals surface area contributed by atoms with Gasteiger partial charge in [-0.2, -0.15) is 10.2 Å². The average molecular weight is 236 g/mol. The summed E-state index contributed by atoms with van der Waals surface area (Å²) >= 11 is 5.88. The summed E-state index contributed by atoms with van der Waals surface area (Å²) in [6.45, 7) is 2.42. The number of anilines is 1. The first-order valence-corrected chi connectivity index (χ1v) is 5.12. The van der Waals surface area contributed by atoms with Crippen LogP contribution in [-0.2, 0) is 6.54 Å². The summed E-state index contributed by atoms with van der Waals surface area (Å²) < 4.78 is 0. The molecule has 0 aliphatic rings. The molecule has 0 atom stereocenters. The molecule has 0 aliphatic carbocycles. The number of halogens is 1. The molecule has 2 aromatic rings. The molecule has 0 spiro atoms. The molecule has 0 saturated carbocycles. The third-order valence-electron chi connectivity index (χ3n) is 2.09. The lowest BCUT2D eigenvalue weighted by molar-refractivity contribution is 0.917. The van der Waals surface area contributed by atoms with Crippen LogP contribution in [0.5, 0.6) is 0 Å². The average Bonchev–Trinajstić information content (AvgIpc) is 2.32. The molecular weight excluding hydrogens is 226 g/mol. The topological polar surface area (TPSA) is 63.6 Å². The van der Waals surface area contributed by atoms with Gasteiger partial charge in [0.2, 0.25) is 0 Å². The van der Waals surface area contributed by atoms with Gasteiger partial charge in [-0.25, -0.2) is 9.97 Å². The van der Waals surface area contributed by atoms with E-state index in [1.807, 2.05) is 19.1 Å². The quantitative estimate of drug-likeness (QED) is 0.823. The summed E-state index contributed by atoms with van der Waals surface area (Å²) in [5.74, 6) is 0.714. The highest BCUT2D eigenvalue weighted by atomic mass is 35.5. The number of hydrogen-bond donors (Lipinski definition) is 1. The molecule has 82 valence electrons. The molecule has 0 unspecified atom stereocenters. The van der Waals surface area contributed by atoms with E-state index < -0.39 is 0 Å². The molecular formula is C10H10ClN5. The molecule has 2 aromatic heterocycles. The Morgan fingerprint density at radius 1 is 1.38 bits per heavy atom. The first-order valence-electron chi connectivity index (χ1n) is 4.75. The van der Waals surface area contributed by atoms with Crippen LogP contribution in [0.25, 0.3) is 0 Å². The van der Waals surface area contributed by atoms with E-state index in [1.165, 1.54) is 6.33 Å². The van der Waals surface area contributed by atoms with Gasteiger partial charge in [-0.05, 0) is 19.1 Å². The Hall–Kier alpha value is -1.75. The van der Waals surface area contributed by atoms with Gasteiger partial charge in [0, 0.05) is 11.8 Å². The van der Waals surface area contributed by atoms with E-state index in [4.69, 9.17) is 11.6 Å². The van der Waals surface area contributed by atoms with Gasteiger partial charge >= 0.3 is 0 Å². The van der Waals surface area contributed by atoms with Gasteiger partial charge in [-0.15, -0.1) is 0 Å². The van der Waals surface area contributed by atoms with Crippen molar-refractivity contribution in [2.24, 2.45) is 0 Å². The van der Waals surface area contributed by atoms with Crippen LogP contribution < -0.4 is 5.32 Å². The molecule has 0 aliphatic heterocycles. The summed E-state index contributed by atoms with van der Waals surface area (Å²) in [6, 6.07) is 3.72. The second-order valence-electron chi connectivity index (χ2n) is 3.21. The van der Waals surface area contributed by atoms with E-state index in [0.29, 0.717) is 17.5 Å². The Morgan fingerprint density at radius 3 is 3.00 bits per heavy atom. The van der Waals surface area contributed by atoms with Crippen molar-refractivity contribution in [3.05, 3.63) is 41.1 Å². The highest BCUT2D eigenvalue weighted by Gasteiger charge is 2.04. The van der Waals surface area contributed by atoms with Crippen molar-refractivity contribution < 1.29 is 0 Å². The SMILES string of the molecule is Cc1c(Cl)ncnc1NCc1cccnn1. The highest BCUT2D eigenvalue weighted by molar-refractivity contribution is 6.30. The number of nitrogens with one attached hydrogen (secondary N) is 1. The third-order valence-corrected chi connectivity index (χ3v) is 2.47. The van der Waals surface area contributed by atoms with Crippen LogP contribution in [0.3, 0.4) is 0 Å². The van der Waals surface area contributed by atoms with E-state index in [1.54, 1.807) is 6.20 Å². The van der Waals surface area contributed by atoms with Gasteiger partial charge in [-0.1, -0.05) is 11.6 Å². The van der Waals surface area contributed by atoms with Crippen molar-refractivity contribution in [1.29, 1.82) is 0 Å². The number of nitrogens with zero attached hydrogens (tertiary/aromatic N) is 4. The third kappa shape index (κ3) is 2.43. The fraction of sp³-hybridized carbons (Fsp3) is 0.200. The number of hydrogen-bond acceptors (Lipinski definition) is 5. The monoisotopic (exact) mass is 235 g/mol. The van der Waals surface area contributed by atoms with Crippen molar-refractivity contribution in [2.45, 2.75) is 13.5 Å². The van der Waals surface area contributed by atoms with Crippen molar-refractivity contribution in [1.82, 2.24) is 20.2 Å². The van der Waals surface area contributed by atoms with E-state index in [-0.39, 0.29) is 0 Å². The second kappa shape index (κ2) is 4.85. The van der Waals surface area contributed by atoms with Crippen molar-refractivity contribution >= 4 is 17.4 Å². The molecule has 0 bridgehead atoms. The van der Waals surface area contributed by atoms with Crippen LogP contribution in [-0.4, -0.2) is 20.2 Å². The molecule has 2 rings (SSSR count). The lowest BCUT2D eigenvalue weighted by Gasteiger charge is -2.07. The molecule has 6 heteroatoms. The van der Waals surface area contributed by atoms with E-state index in [2.05, 4.69) is 25.5 Å². The zero-order valence-electron chi connectivity index (χ0n) is 8.68. The van der Waals surface area contributed by atoms with Crippen LogP contribution in [0.15, 0.2) is 24.7 Å². The fourth-order valence-electron chi connectivity index (χ4n) is 1.21. The molecule has 0 amide bonds. The highest BCUT2D eigenvalue weighted by Crippen LogP contribution is 2.17. The van der Waals surface area contributed by atoms with Gasteiger partial charge in [0.15, 0.2) is 0 Å². The van der Waals surface area contributed by atoms with Crippen LogP contribution in [0, 0.1) is 6.92 Å². The van der Waals surface area contributed by atoms with Crippen LogP contribution >= 0.6 is 11.6 Å². The summed E-state index contributed by atoms with van der Waals surface area (Å²) in [5.41, 5.74) is 1.67. The number of rotatable bonds is 3. The molecule has 5 nitrogen and oxygen atoms in total. The minimum atomic E-state index is 0.455. The first kappa shape index (κ1) is 10.8. The molecule has 0 aromatic carbocycles. The zero-order chi connectivity index (χ0) is 11.4. The smallest absolute Gasteiger partial charge is 0.137 e. The second-order valence-corrected chi connectivity index (χ2v) is 3.56. The minimum Gasteiger partial charge on any atom is -0.364 e. The maximum Gasteiger partial charge on any atom is 0.137 e. The summed E-state index contributed by atoms with van der Waals surface area (Å²) in [6.07, 6.45) is 3.06. The predicted molar refractivity (Wildman–Crippen MR) is 61.1 cm³/mol. The largest absolute Gasteiger partial charge is 0.364 e. The van der Waals surface area contributed by atoms with Gasteiger partial charge in [-0.3, -0.25) is 0 Å². The Morgan fingerprint density at radius 2 is 2.25 bits per heavy atom. The molecule has 0 fully saturated rings. The standard InChI is InChI=1S/C10H10ClN5/c1-7-9(11)13-6-14-10(7)12-5-8-3-2-4-15-16-8/h2-4,6H,5H2,1H3,(H,12,13,14). The van der Waals surface area contributed by atoms with Crippen molar-refractivity contribution in [3.63, 3.8) is 0 Å². The van der Waals surface area contributed by atoms with Gasteiger partial charge < -0.3 is 5.32 Å². The van der Waals surface area contributed by atoms with Gasteiger partial charge in [0.05, 0.1) is 12.2 Å². The van der Waals surface area contributed by atoms with Crippen LogP contribution in [0.4, 0.5) is 5.82 Å². The van der Waals surface area contributed by atoms with E-state index in [9.17, 15) is 0 Å². The summed E-state index contributed by atoms with van der Waals surface area (Å²) in [4.78, 5) is 7.98. The van der Waals surface area contributed by atoms with Crippen LogP contribution in [0.1, 0.15) is 11.3 Å². The van der Waals surface area contributed by atoms with Crippen molar-refractivity contribution in [3.8, 4) is 0 Å². The lowest BCUT2D eigenvalue weighted by atomic mass is 10.3. The molecule has 16 heavy (non-hydrogen) atoms. The lowest BCUT2D eigenvalue weighted by Crippen LogP contribution is -2.05. The van der Waals surface area contributed by atoms with E-state index >= 15 is 0 Å². The van der Waals surface area contributed by atoms with Gasteiger partial charge in [0.25, 0.3) is 0 Å². The normalized spacial score (nSPS) is 10.1. The van der Waals surface area contributed by atoms with Crippen molar-refractivity contribution in [2.75, 3.05) is 5.32 Å². The Labute approximate surface area is 97.9 Å². The Balaban J connectivity index is 2.08. The summed E-state index contributed by atoms with van der Waals surface area (Å²) in [7, 11) is 0. The molecule has 2 heterocycles. The molecule has 0 saturated heterocycles. The summed E-state index contributed by atoms with van der Waals surface area (Å²) in [5, 5.41) is 11.3. The van der Waals surface area contributed by atoms with Gasteiger partial charge in [0.1, 0.15) is 17.3 Å². The maximum atomic E-state index is 5.88. The Bertz CT molecular complexity index is 474. The Kier molecular flexibility index (Phi) is 3.26. The minimum absolute atomic E-state index is 0.455. The van der Waals surface area contributed by atoms with Crippen LogP contribution in [0.2, 0.25) is 5.15 Å². The zero-order valence-corrected chi connectivity index (χ0v) is 9.44.